The van der Waals surface area contributed by atoms with Crippen molar-refractivity contribution in [2.45, 2.75) is 13.5 Å². The number of aromatic nitrogens is 1. The Bertz CT molecular complexity index is 882. The molecule has 0 saturated carbocycles. The van der Waals surface area contributed by atoms with Crippen LogP contribution in [0.5, 0.6) is 0 Å². The van der Waals surface area contributed by atoms with Gasteiger partial charge in [-0.05, 0) is 35.6 Å². The van der Waals surface area contributed by atoms with Crippen molar-refractivity contribution in [2.75, 3.05) is 26.2 Å². The maximum atomic E-state index is 13.0. The number of carbonyl (C=O) groups excluding carboxylic acids is 1. The quantitative estimate of drug-likeness (QED) is 0.724. The predicted molar refractivity (Wildman–Crippen MR) is 102 cm³/mol. The molecule has 1 aliphatic rings. The molecule has 0 unspecified atom stereocenters. The van der Waals surface area contributed by atoms with Crippen LogP contribution in [0.25, 0.3) is 10.1 Å². The van der Waals surface area contributed by atoms with Gasteiger partial charge in [0.1, 0.15) is 0 Å². The summed E-state index contributed by atoms with van der Waals surface area (Å²) in [4.78, 5) is 22.4. The highest BCUT2D eigenvalue weighted by molar-refractivity contribution is 7.21. The van der Waals surface area contributed by atoms with E-state index >= 15 is 0 Å². The van der Waals surface area contributed by atoms with Gasteiger partial charge in [0.25, 0.3) is 5.91 Å². The van der Waals surface area contributed by atoms with Crippen molar-refractivity contribution < 1.29 is 4.79 Å². The van der Waals surface area contributed by atoms with Crippen molar-refractivity contribution in [3.63, 3.8) is 0 Å². The first kappa shape index (κ1) is 16.2. The Labute approximate surface area is 151 Å². The second-order valence-corrected chi connectivity index (χ2v) is 7.53. The number of aryl methyl sites for hydroxylation is 1. The van der Waals surface area contributed by atoms with Gasteiger partial charge in [0.05, 0.1) is 4.88 Å². The number of hydrogen-bond acceptors (Lipinski definition) is 4. The maximum Gasteiger partial charge on any atom is 0.264 e. The summed E-state index contributed by atoms with van der Waals surface area (Å²) in [6.45, 7) is 6.34. The van der Waals surface area contributed by atoms with Gasteiger partial charge in [-0.3, -0.25) is 14.7 Å². The highest BCUT2D eigenvalue weighted by Crippen LogP contribution is 2.31. The highest BCUT2D eigenvalue weighted by atomic mass is 32.1. The molecule has 0 radical (unpaired) electrons. The normalized spacial score (nSPS) is 15.6. The summed E-state index contributed by atoms with van der Waals surface area (Å²) in [6.07, 6.45) is 3.71. The van der Waals surface area contributed by atoms with Gasteiger partial charge in [0, 0.05) is 49.8 Å². The summed E-state index contributed by atoms with van der Waals surface area (Å²) in [5, 5.41) is 1.20. The Balaban J connectivity index is 1.43. The number of thiophene rings is 1. The lowest BCUT2D eigenvalue weighted by Crippen LogP contribution is -2.48. The molecule has 0 N–H and O–H groups in total. The molecule has 5 heteroatoms. The molecule has 0 aliphatic carbocycles. The van der Waals surface area contributed by atoms with Crippen molar-refractivity contribution in [3.05, 3.63) is 64.8 Å². The fraction of sp³-hybridized carbons (Fsp3) is 0.300. The van der Waals surface area contributed by atoms with E-state index in [1.807, 2.05) is 29.3 Å². The zero-order valence-electron chi connectivity index (χ0n) is 14.3. The maximum absolute atomic E-state index is 13.0. The minimum Gasteiger partial charge on any atom is -0.335 e. The number of rotatable bonds is 3. The average molecular weight is 351 g/mol. The fourth-order valence-corrected chi connectivity index (χ4v) is 4.56. The van der Waals surface area contributed by atoms with Crippen LogP contribution in [0.4, 0.5) is 0 Å². The summed E-state index contributed by atoms with van der Waals surface area (Å²) in [6, 6.07) is 12.3. The zero-order valence-corrected chi connectivity index (χ0v) is 15.1. The van der Waals surface area contributed by atoms with Gasteiger partial charge in [-0.2, -0.15) is 0 Å². The van der Waals surface area contributed by atoms with E-state index < -0.39 is 0 Å². The number of piperazine rings is 1. The molecule has 1 aliphatic heterocycles. The van der Waals surface area contributed by atoms with Gasteiger partial charge in [-0.15, -0.1) is 11.3 Å². The molecule has 4 nitrogen and oxygen atoms in total. The summed E-state index contributed by atoms with van der Waals surface area (Å²) >= 11 is 1.62. The predicted octanol–water partition coefficient (Wildman–Crippen LogP) is 3.56. The van der Waals surface area contributed by atoms with E-state index in [4.69, 9.17) is 0 Å². The minimum absolute atomic E-state index is 0.180. The van der Waals surface area contributed by atoms with Crippen LogP contribution in [0.1, 0.15) is 20.8 Å². The van der Waals surface area contributed by atoms with Crippen molar-refractivity contribution >= 4 is 27.3 Å². The first-order valence-electron chi connectivity index (χ1n) is 8.61. The number of carbonyl (C=O) groups is 1. The lowest BCUT2D eigenvalue weighted by molar-refractivity contribution is 0.0632. The highest BCUT2D eigenvalue weighted by Gasteiger charge is 2.25. The summed E-state index contributed by atoms with van der Waals surface area (Å²) in [5.74, 6) is 0.180. The minimum atomic E-state index is 0.180. The second-order valence-electron chi connectivity index (χ2n) is 6.48. The molecule has 25 heavy (non-hydrogen) atoms. The van der Waals surface area contributed by atoms with Crippen LogP contribution in [0.2, 0.25) is 0 Å². The Kier molecular flexibility index (Phi) is 4.51. The third kappa shape index (κ3) is 3.30. The smallest absolute Gasteiger partial charge is 0.264 e. The molecule has 1 amide bonds. The van der Waals surface area contributed by atoms with Gasteiger partial charge in [0.15, 0.2) is 0 Å². The lowest BCUT2D eigenvalue weighted by Gasteiger charge is -2.34. The molecule has 2 aromatic heterocycles. The Hall–Kier alpha value is -2.24. The van der Waals surface area contributed by atoms with E-state index in [0.29, 0.717) is 0 Å². The van der Waals surface area contributed by atoms with Crippen LogP contribution < -0.4 is 0 Å². The molecule has 0 spiro atoms. The van der Waals surface area contributed by atoms with Crippen LogP contribution in [0.15, 0.2) is 48.8 Å². The summed E-state index contributed by atoms with van der Waals surface area (Å²) < 4.78 is 1.19. The largest absolute Gasteiger partial charge is 0.335 e. The molecule has 1 saturated heterocycles. The number of pyridine rings is 1. The van der Waals surface area contributed by atoms with E-state index in [1.54, 1.807) is 17.5 Å². The Morgan fingerprint density at radius 3 is 2.64 bits per heavy atom. The third-order valence-electron chi connectivity index (χ3n) is 4.83. The first-order chi connectivity index (χ1) is 12.2. The molecule has 0 bridgehead atoms. The van der Waals surface area contributed by atoms with E-state index in [1.165, 1.54) is 15.6 Å². The second kappa shape index (κ2) is 6.94. The van der Waals surface area contributed by atoms with Crippen LogP contribution in [-0.2, 0) is 6.54 Å². The molecule has 3 aromatic rings. The molecule has 3 heterocycles. The molecular formula is C20H21N3OS. The monoisotopic (exact) mass is 351 g/mol. The van der Waals surface area contributed by atoms with E-state index in [9.17, 15) is 4.79 Å². The van der Waals surface area contributed by atoms with Crippen LogP contribution in [0.3, 0.4) is 0 Å². The molecular weight excluding hydrogens is 330 g/mol. The SMILES string of the molecule is Cc1c(C(=O)N2CCN(Cc3cccnc3)CC2)sc2ccccc12. The molecule has 0 atom stereocenters. The third-order valence-corrected chi connectivity index (χ3v) is 6.09. The summed E-state index contributed by atoms with van der Waals surface area (Å²) in [7, 11) is 0. The molecule has 1 aromatic carbocycles. The number of nitrogens with zero attached hydrogens (tertiary/aromatic N) is 3. The Morgan fingerprint density at radius 2 is 1.92 bits per heavy atom. The van der Waals surface area contributed by atoms with Crippen LogP contribution >= 0.6 is 11.3 Å². The number of hydrogen-bond donors (Lipinski definition) is 0. The molecule has 4 rings (SSSR count). The Morgan fingerprint density at radius 1 is 1.12 bits per heavy atom. The number of benzene rings is 1. The fourth-order valence-electron chi connectivity index (χ4n) is 3.38. The topological polar surface area (TPSA) is 36.4 Å². The van der Waals surface area contributed by atoms with E-state index in [-0.39, 0.29) is 5.91 Å². The zero-order chi connectivity index (χ0) is 17.2. The van der Waals surface area contributed by atoms with Gasteiger partial charge < -0.3 is 4.90 Å². The van der Waals surface area contributed by atoms with Crippen molar-refractivity contribution in [1.82, 2.24) is 14.8 Å². The first-order valence-corrected chi connectivity index (χ1v) is 9.42. The lowest BCUT2D eigenvalue weighted by atomic mass is 10.1. The van der Waals surface area contributed by atoms with Gasteiger partial charge >= 0.3 is 0 Å². The van der Waals surface area contributed by atoms with Crippen molar-refractivity contribution in [1.29, 1.82) is 0 Å². The van der Waals surface area contributed by atoms with Gasteiger partial charge in [-0.25, -0.2) is 0 Å². The average Bonchev–Trinajstić information content (AvgIpc) is 3.00. The van der Waals surface area contributed by atoms with Crippen molar-refractivity contribution in [2.24, 2.45) is 0 Å². The molecule has 1 fully saturated rings. The van der Waals surface area contributed by atoms with Crippen LogP contribution in [-0.4, -0.2) is 46.9 Å². The van der Waals surface area contributed by atoms with Gasteiger partial charge in [-0.1, -0.05) is 24.3 Å². The standard InChI is InChI=1S/C20H21N3OS/c1-15-17-6-2-3-7-18(17)25-19(15)20(24)23-11-9-22(10-12-23)14-16-5-4-8-21-13-16/h2-8,13H,9-12,14H2,1H3. The van der Waals surface area contributed by atoms with E-state index in [2.05, 4.69) is 35.0 Å². The van der Waals surface area contributed by atoms with E-state index in [0.717, 1.165) is 43.2 Å². The molecule has 128 valence electrons. The van der Waals surface area contributed by atoms with Crippen molar-refractivity contribution in [3.8, 4) is 0 Å². The number of fused-ring (bicyclic) bond motifs is 1. The van der Waals surface area contributed by atoms with Crippen LogP contribution in [0, 0.1) is 6.92 Å². The summed E-state index contributed by atoms with van der Waals surface area (Å²) in [5.41, 5.74) is 2.34. The number of amides is 1. The van der Waals surface area contributed by atoms with Gasteiger partial charge in [0.2, 0.25) is 0 Å².